The minimum atomic E-state index is 0.328. The number of aldehydes is 1. The fourth-order valence-electron chi connectivity index (χ4n) is 1.77. The Labute approximate surface area is 77.2 Å². The van der Waals surface area contributed by atoms with E-state index in [1.165, 1.54) is 6.42 Å². The topological polar surface area (TPSA) is 42.0 Å². The van der Waals surface area contributed by atoms with Gasteiger partial charge in [-0.05, 0) is 31.0 Å². The van der Waals surface area contributed by atoms with E-state index in [2.05, 4.69) is 10.3 Å². The molecule has 0 spiro atoms. The summed E-state index contributed by atoms with van der Waals surface area (Å²) >= 11 is 0. The second kappa shape index (κ2) is 3.66. The molecule has 2 rings (SSSR count). The zero-order valence-electron chi connectivity index (χ0n) is 7.36. The normalized spacial score (nSPS) is 21.7. The van der Waals surface area contributed by atoms with E-state index in [1.807, 2.05) is 12.1 Å². The van der Waals surface area contributed by atoms with Crippen LogP contribution >= 0.6 is 0 Å². The second-order valence-corrected chi connectivity index (χ2v) is 3.24. The van der Waals surface area contributed by atoms with Gasteiger partial charge < -0.3 is 5.32 Å². The van der Waals surface area contributed by atoms with Gasteiger partial charge in [-0.3, -0.25) is 9.78 Å². The second-order valence-electron chi connectivity index (χ2n) is 3.24. The van der Waals surface area contributed by atoms with Crippen molar-refractivity contribution in [3.8, 4) is 0 Å². The predicted octanol–water partition coefficient (Wildman–Crippen LogP) is 1.32. The highest BCUT2D eigenvalue weighted by molar-refractivity contribution is 5.74. The fraction of sp³-hybridized carbons (Fsp3) is 0.400. The molecular weight excluding hydrogens is 164 g/mol. The highest BCUT2D eigenvalue weighted by atomic mass is 16.1. The van der Waals surface area contributed by atoms with E-state index in [1.54, 1.807) is 6.20 Å². The molecule has 2 heterocycles. The zero-order valence-corrected chi connectivity index (χ0v) is 7.36. The lowest BCUT2D eigenvalue weighted by Gasteiger charge is -2.11. The van der Waals surface area contributed by atoms with Crippen molar-refractivity contribution >= 4 is 6.29 Å². The van der Waals surface area contributed by atoms with E-state index in [0.29, 0.717) is 11.7 Å². The Morgan fingerprint density at radius 3 is 3.23 bits per heavy atom. The van der Waals surface area contributed by atoms with E-state index >= 15 is 0 Å². The lowest BCUT2D eigenvalue weighted by atomic mass is 10.0. The summed E-state index contributed by atoms with van der Waals surface area (Å²) in [6, 6.07) is 4.18. The summed E-state index contributed by atoms with van der Waals surface area (Å²) in [5, 5.41) is 3.35. The maximum absolute atomic E-state index is 10.7. The molecule has 68 valence electrons. The molecule has 0 aliphatic carbocycles. The van der Waals surface area contributed by atoms with E-state index in [-0.39, 0.29) is 0 Å². The van der Waals surface area contributed by atoms with Crippen LogP contribution in [0.25, 0.3) is 0 Å². The van der Waals surface area contributed by atoms with Crippen LogP contribution in [-0.4, -0.2) is 17.8 Å². The molecule has 0 bridgehead atoms. The lowest BCUT2D eigenvalue weighted by Crippen LogP contribution is -2.15. The molecule has 1 aromatic rings. The number of pyridine rings is 1. The maximum atomic E-state index is 10.7. The SMILES string of the molecule is O=Cc1ncccc1[C@H]1CCCN1. The number of aromatic nitrogens is 1. The molecule has 13 heavy (non-hydrogen) atoms. The molecule has 1 aliphatic rings. The first-order valence-electron chi connectivity index (χ1n) is 4.55. The molecule has 1 fully saturated rings. The highest BCUT2D eigenvalue weighted by Crippen LogP contribution is 2.23. The summed E-state index contributed by atoms with van der Waals surface area (Å²) in [5.41, 5.74) is 1.61. The summed E-state index contributed by atoms with van der Waals surface area (Å²) in [6.07, 6.45) is 4.77. The van der Waals surface area contributed by atoms with Crippen LogP contribution in [0.5, 0.6) is 0 Å². The summed E-state index contributed by atoms with van der Waals surface area (Å²) in [7, 11) is 0. The first-order valence-corrected chi connectivity index (χ1v) is 4.55. The summed E-state index contributed by atoms with van der Waals surface area (Å²) in [5.74, 6) is 0. The molecule has 0 unspecified atom stereocenters. The molecule has 1 atom stereocenters. The number of hydrogen-bond acceptors (Lipinski definition) is 3. The third-order valence-electron chi connectivity index (χ3n) is 2.42. The molecule has 1 aliphatic heterocycles. The third kappa shape index (κ3) is 1.60. The number of nitrogens with zero attached hydrogens (tertiary/aromatic N) is 1. The van der Waals surface area contributed by atoms with Gasteiger partial charge >= 0.3 is 0 Å². The number of carbonyl (C=O) groups is 1. The molecule has 1 saturated heterocycles. The number of nitrogens with one attached hydrogen (secondary N) is 1. The lowest BCUT2D eigenvalue weighted by molar-refractivity contribution is 0.111. The van der Waals surface area contributed by atoms with Crippen molar-refractivity contribution < 1.29 is 4.79 Å². The average molecular weight is 176 g/mol. The van der Waals surface area contributed by atoms with Gasteiger partial charge in [-0.15, -0.1) is 0 Å². The van der Waals surface area contributed by atoms with Crippen LogP contribution in [0.2, 0.25) is 0 Å². The van der Waals surface area contributed by atoms with Crippen molar-refractivity contribution in [2.24, 2.45) is 0 Å². The van der Waals surface area contributed by atoms with Crippen molar-refractivity contribution in [1.29, 1.82) is 0 Å². The number of hydrogen-bond donors (Lipinski definition) is 1. The minimum absolute atomic E-state index is 0.328. The molecule has 0 radical (unpaired) electrons. The minimum Gasteiger partial charge on any atom is -0.310 e. The van der Waals surface area contributed by atoms with Gasteiger partial charge in [0.25, 0.3) is 0 Å². The molecular formula is C10H12N2O. The van der Waals surface area contributed by atoms with Gasteiger partial charge in [-0.2, -0.15) is 0 Å². The smallest absolute Gasteiger partial charge is 0.168 e. The Kier molecular flexibility index (Phi) is 2.36. The van der Waals surface area contributed by atoms with Crippen LogP contribution in [0.1, 0.15) is 34.9 Å². The molecule has 1 N–H and O–H groups in total. The first-order chi connectivity index (χ1) is 6.42. The first kappa shape index (κ1) is 8.38. The van der Waals surface area contributed by atoms with Crippen molar-refractivity contribution in [2.75, 3.05) is 6.54 Å². The summed E-state index contributed by atoms with van der Waals surface area (Å²) in [4.78, 5) is 14.7. The van der Waals surface area contributed by atoms with Gasteiger partial charge in [0.2, 0.25) is 0 Å². The quantitative estimate of drug-likeness (QED) is 0.691. The summed E-state index contributed by atoms with van der Waals surface area (Å²) < 4.78 is 0. The highest BCUT2D eigenvalue weighted by Gasteiger charge is 2.18. The van der Waals surface area contributed by atoms with Gasteiger partial charge in [0.05, 0.1) is 0 Å². The van der Waals surface area contributed by atoms with E-state index in [4.69, 9.17) is 0 Å². The standard InChI is InChI=1S/C10H12N2O/c13-7-10-8(3-1-5-12-10)9-4-2-6-11-9/h1,3,5,7,9,11H,2,4,6H2/t9-/m1/s1. The van der Waals surface area contributed by atoms with Crippen molar-refractivity contribution in [1.82, 2.24) is 10.3 Å². The van der Waals surface area contributed by atoms with E-state index < -0.39 is 0 Å². The van der Waals surface area contributed by atoms with Crippen molar-refractivity contribution in [2.45, 2.75) is 18.9 Å². The Bertz CT molecular complexity index is 306. The molecule has 1 aromatic heterocycles. The Morgan fingerprint density at radius 2 is 2.54 bits per heavy atom. The number of carbonyl (C=O) groups excluding carboxylic acids is 1. The van der Waals surface area contributed by atoms with Crippen LogP contribution in [0.3, 0.4) is 0 Å². The molecule has 0 saturated carbocycles. The number of rotatable bonds is 2. The van der Waals surface area contributed by atoms with Gasteiger partial charge in [0.1, 0.15) is 5.69 Å². The molecule has 3 heteroatoms. The van der Waals surface area contributed by atoms with Crippen LogP contribution in [0, 0.1) is 0 Å². The van der Waals surface area contributed by atoms with Crippen LogP contribution in [0.4, 0.5) is 0 Å². The van der Waals surface area contributed by atoms with Crippen LogP contribution < -0.4 is 5.32 Å². The van der Waals surface area contributed by atoms with Gasteiger partial charge in [0.15, 0.2) is 6.29 Å². The third-order valence-corrected chi connectivity index (χ3v) is 2.42. The predicted molar refractivity (Wildman–Crippen MR) is 49.6 cm³/mol. The Balaban J connectivity index is 2.31. The monoisotopic (exact) mass is 176 g/mol. The Morgan fingerprint density at radius 1 is 1.62 bits per heavy atom. The van der Waals surface area contributed by atoms with Crippen LogP contribution in [0.15, 0.2) is 18.3 Å². The molecule has 3 nitrogen and oxygen atoms in total. The molecule has 0 aromatic carbocycles. The van der Waals surface area contributed by atoms with Crippen molar-refractivity contribution in [3.05, 3.63) is 29.6 Å². The van der Waals surface area contributed by atoms with Gasteiger partial charge in [0, 0.05) is 12.2 Å². The zero-order chi connectivity index (χ0) is 9.10. The summed E-state index contributed by atoms with van der Waals surface area (Å²) in [6.45, 7) is 1.04. The van der Waals surface area contributed by atoms with Crippen LogP contribution in [-0.2, 0) is 0 Å². The van der Waals surface area contributed by atoms with Crippen molar-refractivity contribution in [3.63, 3.8) is 0 Å². The van der Waals surface area contributed by atoms with Gasteiger partial charge in [-0.1, -0.05) is 6.07 Å². The maximum Gasteiger partial charge on any atom is 0.168 e. The average Bonchev–Trinajstić information content (AvgIpc) is 2.70. The van der Waals surface area contributed by atoms with Gasteiger partial charge in [-0.25, -0.2) is 0 Å². The Hall–Kier alpha value is -1.22. The molecule has 0 amide bonds. The largest absolute Gasteiger partial charge is 0.310 e. The fourth-order valence-corrected chi connectivity index (χ4v) is 1.77. The van der Waals surface area contributed by atoms with E-state index in [9.17, 15) is 4.79 Å². The van der Waals surface area contributed by atoms with E-state index in [0.717, 1.165) is 24.8 Å².